The highest BCUT2D eigenvalue weighted by Crippen LogP contribution is 2.22. The zero-order valence-corrected chi connectivity index (χ0v) is 10.9. The highest BCUT2D eigenvalue weighted by Gasteiger charge is 2.07. The van der Waals surface area contributed by atoms with Crippen molar-refractivity contribution in [2.45, 2.75) is 6.42 Å². The molecule has 1 N–H and O–H groups in total. The average Bonchev–Trinajstić information content (AvgIpc) is 2.72. The predicted molar refractivity (Wildman–Crippen MR) is 70.8 cm³/mol. The van der Waals surface area contributed by atoms with Crippen LogP contribution in [0.25, 0.3) is 11.0 Å². The fraction of sp³-hybridized carbons (Fsp3) is 0.0769. The van der Waals surface area contributed by atoms with Gasteiger partial charge in [-0.1, -0.05) is 6.07 Å². The van der Waals surface area contributed by atoms with Gasteiger partial charge in [0.2, 0.25) is 0 Å². The molecule has 0 unspecified atom stereocenters. The topological polar surface area (TPSA) is 41.6 Å². The minimum atomic E-state index is -0.293. The number of nitrogens with zero attached hydrogens (tertiary/aromatic N) is 2. The first kappa shape index (κ1) is 11.3. The lowest BCUT2D eigenvalue weighted by atomic mass is 10.2. The van der Waals surface area contributed by atoms with E-state index in [0.29, 0.717) is 16.4 Å². The Hall–Kier alpha value is -1.75. The first-order valence-corrected chi connectivity index (χ1v) is 6.24. The van der Waals surface area contributed by atoms with E-state index in [-0.39, 0.29) is 5.82 Å². The molecule has 0 saturated carbocycles. The van der Waals surface area contributed by atoms with Crippen molar-refractivity contribution >= 4 is 27.0 Å². The van der Waals surface area contributed by atoms with Crippen molar-refractivity contribution in [2.75, 3.05) is 0 Å². The van der Waals surface area contributed by atoms with E-state index in [0.717, 1.165) is 16.9 Å². The summed E-state index contributed by atoms with van der Waals surface area (Å²) in [4.78, 5) is 11.6. The summed E-state index contributed by atoms with van der Waals surface area (Å²) in [7, 11) is 0. The van der Waals surface area contributed by atoms with Crippen LogP contribution in [-0.4, -0.2) is 15.0 Å². The number of halogens is 2. The van der Waals surface area contributed by atoms with Gasteiger partial charge >= 0.3 is 0 Å². The Bertz CT molecular complexity index is 655. The van der Waals surface area contributed by atoms with Crippen LogP contribution >= 0.6 is 15.9 Å². The third-order valence-electron chi connectivity index (χ3n) is 2.67. The van der Waals surface area contributed by atoms with Crippen LogP contribution in [0.3, 0.4) is 0 Å². The van der Waals surface area contributed by atoms with Crippen molar-refractivity contribution in [1.82, 2.24) is 15.0 Å². The van der Waals surface area contributed by atoms with Gasteiger partial charge in [-0.3, -0.25) is 4.98 Å². The molecule has 0 bridgehead atoms. The second-order valence-corrected chi connectivity index (χ2v) is 4.86. The summed E-state index contributed by atoms with van der Waals surface area (Å²) in [6, 6.07) is 6.98. The van der Waals surface area contributed by atoms with Crippen LogP contribution in [0.2, 0.25) is 0 Å². The van der Waals surface area contributed by atoms with Gasteiger partial charge in [-0.15, -0.1) is 0 Å². The molecule has 0 fully saturated rings. The van der Waals surface area contributed by atoms with Crippen molar-refractivity contribution < 1.29 is 4.39 Å². The molecular weight excluding hydrogens is 297 g/mol. The van der Waals surface area contributed by atoms with E-state index in [4.69, 9.17) is 0 Å². The molecule has 5 heteroatoms. The second kappa shape index (κ2) is 4.49. The molecule has 0 aliphatic heterocycles. The molecule has 0 radical (unpaired) electrons. The van der Waals surface area contributed by atoms with Gasteiger partial charge in [0.1, 0.15) is 11.6 Å². The third kappa shape index (κ3) is 2.13. The molecule has 2 heterocycles. The number of hydrogen-bond donors (Lipinski definition) is 1. The minimum Gasteiger partial charge on any atom is -0.342 e. The number of rotatable bonds is 2. The number of hydrogen-bond acceptors (Lipinski definition) is 2. The first-order chi connectivity index (χ1) is 8.72. The van der Waals surface area contributed by atoms with Gasteiger partial charge in [-0.25, -0.2) is 9.37 Å². The largest absolute Gasteiger partial charge is 0.342 e. The summed E-state index contributed by atoms with van der Waals surface area (Å²) in [5.74, 6) is 0.509. The number of pyridine rings is 1. The number of imidazole rings is 1. The lowest BCUT2D eigenvalue weighted by molar-refractivity contribution is 0.623. The molecule has 2 aromatic heterocycles. The summed E-state index contributed by atoms with van der Waals surface area (Å²) < 4.78 is 13.8. The van der Waals surface area contributed by atoms with Crippen molar-refractivity contribution in [3.8, 4) is 0 Å². The number of benzene rings is 1. The van der Waals surface area contributed by atoms with Crippen LogP contribution in [0.4, 0.5) is 4.39 Å². The maximum atomic E-state index is 13.4. The molecule has 0 saturated heterocycles. The summed E-state index contributed by atoms with van der Waals surface area (Å²) in [6.07, 6.45) is 4.18. The van der Waals surface area contributed by atoms with Crippen molar-refractivity contribution in [3.63, 3.8) is 0 Å². The van der Waals surface area contributed by atoms with E-state index in [2.05, 4.69) is 30.9 Å². The van der Waals surface area contributed by atoms with Crippen molar-refractivity contribution in [1.29, 1.82) is 0 Å². The summed E-state index contributed by atoms with van der Waals surface area (Å²) in [6.45, 7) is 0. The average molecular weight is 306 g/mol. The Kier molecular flexibility index (Phi) is 2.83. The van der Waals surface area contributed by atoms with Crippen molar-refractivity contribution in [2.24, 2.45) is 0 Å². The fourth-order valence-electron chi connectivity index (χ4n) is 1.84. The highest BCUT2D eigenvalue weighted by molar-refractivity contribution is 9.10. The summed E-state index contributed by atoms with van der Waals surface area (Å²) in [5, 5.41) is 0. The van der Waals surface area contributed by atoms with Gasteiger partial charge in [0.15, 0.2) is 0 Å². The van der Waals surface area contributed by atoms with Gasteiger partial charge < -0.3 is 4.98 Å². The Balaban J connectivity index is 1.99. The molecule has 0 amide bonds. The van der Waals surface area contributed by atoms with Gasteiger partial charge in [-0.05, 0) is 33.6 Å². The van der Waals surface area contributed by atoms with Crippen LogP contribution < -0.4 is 0 Å². The molecule has 90 valence electrons. The number of aromatic amines is 1. The lowest BCUT2D eigenvalue weighted by Gasteiger charge is -1.95. The molecule has 3 nitrogen and oxygen atoms in total. The normalized spacial score (nSPS) is 11.0. The quantitative estimate of drug-likeness (QED) is 0.788. The Morgan fingerprint density at radius 1 is 1.33 bits per heavy atom. The minimum absolute atomic E-state index is 0.293. The van der Waals surface area contributed by atoms with Crippen LogP contribution in [0.15, 0.2) is 41.1 Å². The molecular formula is C13H9BrFN3. The van der Waals surface area contributed by atoms with E-state index < -0.39 is 0 Å². The van der Waals surface area contributed by atoms with Gasteiger partial charge in [0.25, 0.3) is 0 Å². The standard InChI is InChI=1S/C13H9BrFN3/c14-9-5-11-12(6-10(9)15)18-13(17-11)4-8-2-1-3-16-7-8/h1-3,5-7H,4H2,(H,17,18). The Labute approximate surface area is 111 Å². The monoisotopic (exact) mass is 305 g/mol. The predicted octanol–water partition coefficient (Wildman–Crippen LogP) is 3.45. The van der Waals surface area contributed by atoms with Gasteiger partial charge in [0.05, 0.1) is 15.5 Å². The van der Waals surface area contributed by atoms with Crippen LogP contribution in [-0.2, 0) is 6.42 Å². The number of H-pyrrole nitrogens is 1. The fourth-order valence-corrected chi connectivity index (χ4v) is 2.17. The molecule has 1 aromatic carbocycles. The SMILES string of the molecule is Fc1cc2[nH]c(Cc3cccnc3)nc2cc1Br. The van der Waals surface area contributed by atoms with E-state index >= 15 is 0 Å². The van der Waals surface area contributed by atoms with E-state index in [9.17, 15) is 4.39 Å². The molecule has 0 aliphatic rings. The molecule has 0 atom stereocenters. The van der Waals surface area contributed by atoms with Gasteiger partial charge in [-0.2, -0.15) is 0 Å². The van der Waals surface area contributed by atoms with E-state index in [1.807, 2.05) is 12.1 Å². The molecule has 3 aromatic rings. The maximum Gasteiger partial charge on any atom is 0.139 e. The van der Waals surface area contributed by atoms with Crippen LogP contribution in [0.5, 0.6) is 0 Å². The van der Waals surface area contributed by atoms with Crippen LogP contribution in [0, 0.1) is 5.82 Å². The smallest absolute Gasteiger partial charge is 0.139 e. The molecule has 18 heavy (non-hydrogen) atoms. The van der Waals surface area contributed by atoms with E-state index in [1.54, 1.807) is 18.5 Å². The number of nitrogens with one attached hydrogen (secondary N) is 1. The maximum absolute atomic E-state index is 13.4. The molecule has 0 spiro atoms. The summed E-state index contributed by atoms with van der Waals surface area (Å²) >= 11 is 3.15. The molecule has 0 aliphatic carbocycles. The second-order valence-electron chi connectivity index (χ2n) is 4.01. The zero-order valence-electron chi connectivity index (χ0n) is 9.32. The lowest BCUT2D eigenvalue weighted by Crippen LogP contribution is -1.90. The Morgan fingerprint density at radius 3 is 3.00 bits per heavy atom. The van der Waals surface area contributed by atoms with Gasteiger partial charge in [0, 0.05) is 24.9 Å². The number of fused-ring (bicyclic) bond motifs is 1. The van der Waals surface area contributed by atoms with E-state index in [1.165, 1.54) is 6.07 Å². The third-order valence-corrected chi connectivity index (χ3v) is 3.28. The van der Waals surface area contributed by atoms with Crippen LogP contribution in [0.1, 0.15) is 11.4 Å². The Morgan fingerprint density at radius 2 is 2.22 bits per heavy atom. The first-order valence-electron chi connectivity index (χ1n) is 5.45. The zero-order chi connectivity index (χ0) is 12.5. The molecule has 3 rings (SSSR count). The number of aromatic nitrogens is 3. The van der Waals surface area contributed by atoms with Crippen molar-refractivity contribution in [3.05, 3.63) is 58.3 Å². The highest BCUT2D eigenvalue weighted by atomic mass is 79.9. The summed E-state index contributed by atoms with van der Waals surface area (Å²) in [5.41, 5.74) is 2.52.